The first kappa shape index (κ1) is 22.3. The molecule has 0 saturated carbocycles. The molecule has 0 amide bonds. The molecule has 1 aliphatic rings. The van der Waals surface area contributed by atoms with Crippen molar-refractivity contribution in [2.75, 3.05) is 11.9 Å². The minimum atomic E-state index is -4.86. The van der Waals surface area contributed by atoms with Crippen molar-refractivity contribution in [3.63, 3.8) is 0 Å². The summed E-state index contributed by atoms with van der Waals surface area (Å²) in [6, 6.07) is 4.92. The van der Waals surface area contributed by atoms with Gasteiger partial charge in [-0.15, -0.1) is 0 Å². The Hall–Kier alpha value is -2.90. The maximum Gasteiger partial charge on any atom is 0.418 e. The quantitative estimate of drug-likeness (QED) is 0.319. The van der Waals surface area contributed by atoms with Gasteiger partial charge in [0.2, 0.25) is 0 Å². The third kappa shape index (κ3) is 3.87. The molecule has 5 atom stereocenters. The maximum atomic E-state index is 13.9. The standard InChI is InChI=1S/C20H19F3N2O7/c21-20(22,23)14-9-4-3-8(25-15-17(28)16(27)12(7-26)32-19(15)30)6-11(9)31-18(29)13(14)10-2-1-5-24-10/h1-6,12,15-17,19,24-28,30H,7H2/t12?,15?,16-,17-,19-/m1/s1. The summed E-state index contributed by atoms with van der Waals surface area (Å²) in [5.74, 6) is 0. The Balaban J connectivity index is 1.76. The highest BCUT2D eigenvalue weighted by atomic mass is 19.4. The molecule has 3 aromatic rings. The molecule has 9 nitrogen and oxygen atoms in total. The number of alkyl halides is 3. The summed E-state index contributed by atoms with van der Waals surface area (Å²) < 4.78 is 51.9. The lowest BCUT2D eigenvalue weighted by atomic mass is 9.96. The van der Waals surface area contributed by atoms with E-state index in [1.54, 1.807) is 0 Å². The molecule has 4 rings (SSSR count). The van der Waals surface area contributed by atoms with Gasteiger partial charge in [-0.25, -0.2) is 4.79 Å². The number of halogens is 3. The van der Waals surface area contributed by atoms with Crippen molar-refractivity contribution in [3.05, 3.63) is 52.5 Å². The number of ether oxygens (including phenoxy) is 1. The molecule has 0 spiro atoms. The van der Waals surface area contributed by atoms with Gasteiger partial charge in [0.05, 0.1) is 23.4 Å². The third-order valence-electron chi connectivity index (χ3n) is 5.29. The number of nitrogens with one attached hydrogen (secondary N) is 2. The van der Waals surface area contributed by atoms with Crippen LogP contribution >= 0.6 is 0 Å². The normalized spacial score (nSPS) is 26.4. The lowest BCUT2D eigenvalue weighted by Gasteiger charge is -2.40. The molecule has 6 N–H and O–H groups in total. The van der Waals surface area contributed by atoms with Crippen LogP contribution in [0.15, 0.2) is 45.7 Å². The molecule has 0 bridgehead atoms. The average molecular weight is 456 g/mol. The Labute approximate surface area is 177 Å². The number of benzene rings is 1. The van der Waals surface area contributed by atoms with Crippen molar-refractivity contribution in [1.29, 1.82) is 0 Å². The van der Waals surface area contributed by atoms with Crippen LogP contribution in [-0.2, 0) is 10.9 Å². The SMILES string of the molecule is O=c1oc2cc(NC3[C@H](O)OC(CO)[C@@H](O)[C@@H]3O)ccc2c(C(F)(F)F)c1-c1ccc[nH]1. The number of aliphatic hydroxyl groups is 4. The zero-order chi connectivity index (χ0) is 23.2. The minimum absolute atomic E-state index is 0.0480. The van der Waals surface area contributed by atoms with Crippen LogP contribution in [-0.4, -0.2) is 62.7 Å². The maximum absolute atomic E-state index is 13.9. The lowest BCUT2D eigenvalue weighted by molar-refractivity contribution is -0.245. The fraction of sp³-hybridized carbons (Fsp3) is 0.350. The van der Waals surface area contributed by atoms with Crippen molar-refractivity contribution in [2.45, 2.75) is 36.8 Å². The van der Waals surface area contributed by atoms with Crippen LogP contribution in [0.4, 0.5) is 18.9 Å². The van der Waals surface area contributed by atoms with E-state index in [0.717, 1.165) is 12.1 Å². The number of hydrogen-bond donors (Lipinski definition) is 6. The van der Waals surface area contributed by atoms with E-state index in [-0.39, 0.29) is 22.4 Å². The van der Waals surface area contributed by atoms with Gasteiger partial charge in [0, 0.05) is 23.3 Å². The van der Waals surface area contributed by atoms with Gasteiger partial charge in [-0.2, -0.15) is 13.2 Å². The highest BCUT2D eigenvalue weighted by molar-refractivity contribution is 5.89. The van der Waals surface area contributed by atoms with Gasteiger partial charge in [-0.05, 0) is 24.3 Å². The highest BCUT2D eigenvalue weighted by Crippen LogP contribution is 2.40. The second-order valence-corrected chi connectivity index (χ2v) is 7.33. The van der Waals surface area contributed by atoms with Crippen LogP contribution in [0.3, 0.4) is 0 Å². The molecule has 2 unspecified atom stereocenters. The molecular weight excluding hydrogens is 437 g/mol. The third-order valence-corrected chi connectivity index (χ3v) is 5.29. The van der Waals surface area contributed by atoms with E-state index in [1.165, 1.54) is 24.4 Å². The largest absolute Gasteiger partial charge is 0.422 e. The number of H-pyrrole nitrogens is 1. The first-order valence-corrected chi connectivity index (χ1v) is 9.50. The Morgan fingerprint density at radius 2 is 1.88 bits per heavy atom. The molecule has 32 heavy (non-hydrogen) atoms. The van der Waals surface area contributed by atoms with E-state index in [2.05, 4.69) is 10.3 Å². The van der Waals surface area contributed by atoms with E-state index >= 15 is 0 Å². The van der Waals surface area contributed by atoms with Gasteiger partial charge in [0.25, 0.3) is 0 Å². The van der Waals surface area contributed by atoms with Crippen LogP contribution in [0.1, 0.15) is 5.56 Å². The number of aromatic nitrogens is 1. The summed E-state index contributed by atoms with van der Waals surface area (Å²) >= 11 is 0. The van der Waals surface area contributed by atoms with Gasteiger partial charge in [-0.1, -0.05) is 0 Å². The number of aliphatic hydroxyl groups excluding tert-OH is 4. The predicted octanol–water partition coefficient (Wildman–Crippen LogP) is 1.02. The number of hydrogen-bond acceptors (Lipinski definition) is 8. The van der Waals surface area contributed by atoms with Gasteiger partial charge in [-0.3, -0.25) is 0 Å². The van der Waals surface area contributed by atoms with Crippen molar-refractivity contribution in [2.24, 2.45) is 0 Å². The summed E-state index contributed by atoms with van der Waals surface area (Å²) in [5, 5.41) is 41.7. The summed E-state index contributed by atoms with van der Waals surface area (Å²) in [6.45, 7) is -0.646. The number of rotatable bonds is 4. The zero-order valence-corrected chi connectivity index (χ0v) is 16.2. The van der Waals surface area contributed by atoms with Gasteiger partial charge in [0.1, 0.15) is 29.9 Å². The summed E-state index contributed by atoms with van der Waals surface area (Å²) in [6.07, 6.45) is -9.44. The molecule has 1 saturated heterocycles. The van der Waals surface area contributed by atoms with Crippen LogP contribution in [0, 0.1) is 0 Å². The van der Waals surface area contributed by atoms with Crippen molar-refractivity contribution in [3.8, 4) is 11.3 Å². The van der Waals surface area contributed by atoms with Crippen molar-refractivity contribution >= 4 is 16.7 Å². The lowest BCUT2D eigenvalue weighted by Crippen LogP contribution is -2.61. The molecule has 12 heteroatoms. The predicted molar refractivity (Wildman–Crippen MR) is 105 cm³/mol. The monoisotopic (exact) mass is 456 g/mol. The molecule has 1 fully saturated rings. The van der Waals surface area contributed by atoms with Crippen molar-refractivity contribution < 1.29 is 42.8 Å². The van der Waals surface area contributed by atoms with E-state index in [4.69, 9.17) is 14.3 Å². The smallest absolute Gasteiger partial charge is 0.418 e. The molecular formula is C20H19F3N2O7. The van der Waals surface area contributed by atoms with Crippen molar-refractivity contribution in [1.82, 2.24) is 4.98 Å². The first-order chi connectivity index (χ1) is 15.1. The molecule has 0 aliphatic carbocycles. The summed E-state index contributed by atoms with van der Waals surface area (Å²) in [5.41, 5.74) is -3.36. The zero-order valence-electron chi connectivity index (χ0n) is 16.2. The summed E-state index contributed by atoms with van der Waals surface area (Å²) in [7, 11) is 0. The fourth-order valence-corrected chi connectivity index (χ4v) is 3.76. The van der Waals surface area contributed by atoms with E-state index in [1.807, 2.05) is 0 Å². The Kier molecular flexibility index (Phi) is 5.73. The van der Waals surface area contributed by atoms with Crippen LogP contribution in [0.25, 0.3) is 22.2 Å². The van der Waals surface area contributed by atoms with E-state index < -0.39 is 60.2 Å². The molecule has 2 aromatic heterocycles. The number of aromatic amines is 1. The Morgan fingerprint density at radius 3 is 2.50 bits per heavy atom. The topological polar surface area (TPSA) is 148 Å². The van der Waals surface area contributed by atoms with E-state index in [0.29, 0.717) is 0 Å². The Morgan fingerprint density at radius 1 is 1.12 bits per heavy atom. The van der Waals surface area contributed by atoms with Gasteiger partial charge in [0.15, 0.2) is 6.29 Å². The molecule has 1 aliphatic heterocycles. The fourth-order valence-electron chi connectivity index (χ4n) is 3.76. The van der Waals surface area contributed by atoms with Gasteiger partial charge < -0.3 is 39.9 Å². The second kappa shape index (κ2) is 8.22. The van der Waals surface area contributed by atoms with Crippen LogP contribution < -0.4 is 10.9 Å². The average Bonchev–Trinajstić information content (AvgIpc) is 3.26. The summed E-state index contributed by atoms with van der Waals surface area (Å²) in [4.78, 5) is 15.0. The van der Waals surface area contributed by atoms with E-state index in [9.17, 15) is 33.3 Å². The number of anilines is 1. The minimum Gasteiger partial charge on any atom is -0.422 e. The first-order valence-electron chi connectivity index (χ1n) is 9.50. The molecule has 1 aromatic carbocycles. The number of fused-ring (bicyclic) bond motifs is 1. The molecule has 172 valence electrons. The Bertz CT molecular complexity index is 1160. The highest BCUT2D eigenvalue weighted by Gasteiger charge is 2.44. The van der Waals surface area contributed by atoms with Crippen LogP contribution in [0.5, 0.6) is 0 Å². The molecule has 3 heterocycles. The molecule has 0 radical (unpaired) electrons. The second-order valence-electron chi connectivity index (χ2n) is 7.33. The van der Waals surface area contributed by atoms with Gasteiger partial charge >= 0.3 is 11.8 Å². The van der Waals surface area contributed by atoms with Crippen LogP contribution in [0.2, 0.25) is 0 Å².